The SMILES string of the molecule is COC(=O)N1CCN(CCNC(=O)COc2ccc(Cl)cc2)CC1. The van der Waals surface area contributed by atoms with Gasteiger partial charge < -0.3 is 19.7 Å². The summed E-state index contributed by atoms with van der Waals surface area (Å²) in [7, 11) is 1.39. The topological polar surface area (TPSA) is 71.1 Å². The maximum Gasteiger partial charge on any atom is 0.409 e. The third-order valence-corrected chi connectivity index (χ3v) is 3.99. The molecule has 132 valence electrons. The fraction of sp³-hybridized carbons (Fsp3) is 0.500. The predicted molar refractivity (Wildman–Crippen MR) is 90.4 cm³/mol. The number of amides is 2. The van der Waals surface area contributed by atoms with Gasteiger partial charge in [0.25, 0.3) is 5.91 Å². The maximum atomic E-state index is 11.8. The zero-order valence-corrected chi connectivity index (χ0v) is 14.4. The van der Waals surface area contributed by atoms with Gasteiger partial charge in [0, 0.05) is 44.3 Å². The Bertz CT molecular complexity index is 545. The van der Waals surface area contributed by atoms with E-state index in [1.807, 2.05) is 0 Å². The monoisotopic (exact) mass is 355 g/mol. The van der Waals surface area contributed by atoms with E-state index in [4.69, 9.17) is 21.1 Å². The number of hydrogen-bond donors (Lipinski definition) is 1. The molecular formula is C16H22ClN3O4. The van der Waals surface area contributed by atoms with Crippen LogP contribution in [-0.4, -0.2) is 74.8 Å². The van der Waals surface area contributed by atoms with Crippen LogP contribution in [0.2, 0.25) is 5.02 Å². The van der Waals surface area contributed by atoms with E-state index in [1.165, 1.54) is 7.11 Å². The second-order valence-electron chi connectivity index (χ2n) is 5.39. The Morgan fingerprint density at radius 1 is 1.17 bits per heavy atom. The number of hydrogen-bond acceptors (Lipinski definition) is 5. The number of halogens is 1. The van der Waals surface area contributed by atoms with Crippen molar-refractivity contribution in [3.8, 4) is 5.75 Å². The average Bonchev–Trinajstić information content (AvgIpc) is 2.61. The molecule has 1 N–H and O–H groups in total. The summed E-state index contributed by atoms with van der Waals surface area (Å²) in [6.45, 7) is 4.07. The molecule has 0 radical (unpaired) electrons. The fourth-order valence-corrected chi connectivity index (χ4v) is 2.49. The molecule has 24 heavy (non-hydrogen) atoms. The molecule has 0 aliphatic carbocycles. The highest BCUT2D eigenvalue weighted by Crippen LogP contribution is 2.15. The Balaban J connectivity index is 1.58. The van der Waals surface area contributed by atoms with Gasteiger partial charge in [-0.2, -0.15) is 0 Å². The summed E-state index contributed by atoms with van der Waals surface area (Å²) in [5.41, 5.74) is 0. The Morgan fingerprint density at radius 2 is 1.83 bits per heavy atom. The summed E-state index contributed by atoms with van der Waals surface area (Å²) in [6, 6.07) is 6.86. The lowest BCUT2D eigenvalue weighted by atomic mass is 10.3. The molecular weight excluding hydrogens is 334 g/mol. The zero-order valence-electron chi connectivity index (χ0n) is 13.7. The number of ether oxygens (including phenoxy) is 2. The third kappa shape index (κ3) is 5.90. The van der Waals surface area contributed by atoms with E-state index in [1.54, 1.807) is 29.2 Å². The smallest absolute Gasteiger partial charge is 0.409 e. The predicted octanol–water partition coefficient (Wildman–Crippen LogP) is 1.22. The number of piperazine rings is 1. The molecule has 7 nitrogen and oxygen atoms in total. The van der Waals surface area contributed by atoms with E-state index in [-0.39, 0.29) is 18.6 Å². The van der Waals surface area contributed by atoms with Crippen LogP contribution in [-0.2, 0) is 9.53 Å². The van der Waals surface area contributed by atoms with Crippen molar-refractivity contribution in [2.75, 3.05) is 53.0 Å². The minimum absolute atomic E-state index is 0.0300. The van der Waals surface area contributed by atoms with Crippen LogP contribution in [0.3, 0.4) is 0 Å². The normalized spacial score (nSPS) is 15.0. The Kier molecular flexibility index (Phi) is 7.14. The highest BCUT2D eigenvalue weighted by molar-refractivity contribution is 6.30. The summed E-state index contributed by atoms with van der Waals surface area (Å²) in [5.74, 6) is 0.437. The molecule has 1 heterocycles. The van der Waals surface area contributed by atoms with Gasteiger partial charge in [-0.1, -0.05) is 11.6 Å². The number of carbonyl (C=O) groups is 2. The lowest BCUT2D eigenvalue weighted by molar-refractivity contribution is -0.123. The highest BCUT2D eigenvalue weighted by atomic mass is 35.5. The second-order valence-corrected chi connectivity index (χ2v) is 5.83. The van der Waals surface area contributed by atoms with Crippen LogP contribution in [0.25, 0.3) is 0 Å². The van der Waals surface area contributed by atoms with Gasteiger partial charge in [0.15, 0.2) is 6.61 Å². The summed E-state index contributed by atoms with van der Waals surface area (Å²) >= 11 is 5.78. The average molecular weight is 356 g/mol. The standard InChI is InChI=1S/C16H22ClN3O4/c1-23-16(22)20-10-8-19(9-11-20)7-6-18-15(21)12-24-14-4-2-13(17)3-5-14/h2-5H,6-12H2,1H3,(H,18,21). The number of rotatable bonds is 6. The molecule has 1 aromatic rings. The Hall–Kier alpha value is -1.99. The molecule has 0 unspecified atom stereocenters. The van der Waals surface area contributed by atoms with E-state index in [0.29, 0.717) is 30.4 Å². The molecule has 0 saturated carbocycles. The number of benzene rings is 1. The number of carbonyl (C=O) groups excluding carboxylic acids is 2. The van der Waals surface area contributed by atoms with Crippen LogP contribution in [0.1, 0.15) is 0 Å². The first-order chi connectivity index (χ1) is 11.6. The molecule has 0 aromatic heterocycles. The summed E-state index contributed by atoms with van der Waals surface area (Å²) in [4.78, 5) is 27.0. The Morgan fingerprint density at radius 3 is 2.46 bits per heavy atom. The molecule has 1 aliphatic heterocycles. The van der Waals surface area contributed by atoms with Crippen LogP contribution in [0.4, 0.5) is 4.79 Å². The minimum Gasteiger partial charge on any atom is -0.484 e. The lowest BCUT2D eigenvalue weighted by Gasteiger charge is -2.33. The molecule has 2 rings (SSSR count). The second kappa shape index (κ2) is 9.34. The van der Waals surface area contributed by atoms with Crippen molar-refractivity contribution in [1.29, 1.82) is 0 Å². The molecule has 1 aromatic carbocycles. The quantitative estimate of drug-likeness (QED) is 0.830. The molecule has 8 heteroatoms. The van der Waals surface area contributed by atoms with Crippen molar-refractivity contribution in [1.82, 2.24) is 15.1 Å². The van der Waals surface area contributed by atoms with Gasteiger partial charge in [0.05, 0.1) is 7.11 Å². The minimum atomic E-state index is -0.290. The first kappa shape index (κ1) is 18.4. The van der Waals surface area contributed by atoms with Gasteiger partial charge in [-0.25, -0.2) is 4.79 Å². The molecule has 2 amide bonds. The van der Waals surface area contributed by atoms with E-state index < -0.39 is 0 Å². The number of methoxy groups -OCH3 is 1. The molecule has 0 atom stereocenters. The van der Waals surface area contributed by atoms with Gasteiger partial charge in [0.1, 0.15) is 5.75 Å². The number of nitrogens with one attached hydrogen (secondary N) is 1. The third-order valence-electron chi connectivity index (χ3n) is 3.74. The summed E-state index contributed by atoms with van der Waals surface area (Å²) < 4.78 is 10.1. The first-order valence-corrected chi connectivity index (χ1v) is 8.16. The van der Waals surface area contributed by atoms with Crippen molar-refractivity contribution in [3.05, 3.63) is 29.3 Å². The van der Waals surface area contributed by atoms with E-state index in [9.17, 15) is 9.59 Å². The summed E-state index contributed by atoms with van der Waals surface area (Å²) in [6.07, 6.45) is -0.290. The zero-order chi connectivity index (χ0) is 17.4. The molecule has 1 fully saturated rings. The molecule has 0 bridgehead atoms. The van der Waals surface area contributed by atoms with E-state index >= 15 is 0 Å². The molecule has 0 spiro atoms. The van der Waals surface area contributed by atoms with Crippen LogP contribution in [0.5, 0.6) is 5.75 Å². The largest absolute Gasteiger partial charge is 0.484 e. The van der Waals surface area contributed by atoms with Crippen molar-refractivity contribution < 1.29 is 19.1 Å². The lowest BCUT2D eigenvalue weighted by Crippen LogP contribution is -2.50. The van der Waals surface area contributed by atoms with E-state index in [0.717, 1.165) is 19.6 Å². The van der Waals surface area contributed by atoms with Crippen LogP contribution >= 0.6 is 11.6 Å². The van der Waals surface area contributed by atoms with Gasteiger partial charge >= 0.3 is 6.09 Å². The van der Waals surface area contributed by atoms with Crippen molar-refractivity contribution in [2.45, 2.75) is 0 Å². The van der Waals surface area contributed by atoms with Crippen LogP contribution < -0.4 is 10.1 Å². The Labute approximate surface area is 146 Å². The van der Waals surface area contributed by atoms with Crippen molar-refractivity contribution >= 4 is 23.6 Å². The summed E-state index contributed by atoms with van der Waals surface area (Å²) in [5, 5.41) is 3.44. The molecule has 1 saturated heterocycles. The van der Waals surface area contributed by atoms with Crippen molar-refractivity contribution in [3.63, 3.8) is 0 Å². The van der Waals surface area contributed by atoms with Crippen LogP contribution in [0.15, 0.2) is 24.3 Å². The van der Waals surface area contributed by atoms with E-state index in [2.05, 4.69) is 10.2 Å². The highest BCUT2D eigenvalue weighted by Gasteiger charge is 2.20. The molecule has 1 aliphatic rings. The van der Waals surface area contributed by atoms with Gasteiger partial charge in [-0.05, 0) is 24.3 Å². The van der Waals surface area contributed by atoms with Crippen molar-refractivity contribution in [2.24, 2.45) is 0 Å². The van der Waals surface area contributed by atoms with Gasteiger partial charge in [-0.3, -0.25) is 9.69 Å². The van der Waals surface area contributed by atoms with Gasteiger partial charge in [0.2, 0.25) is 0 Å². The maximum absolute atomic E-state index is 11.8. The van der Waals surface area contributed by atoms with Crippen LogP contribution in [0, 0.1) is 0 Å². The van der Waals surface area contributed by atoms with Gasteiger partial charge in [-0.15, -0.1) is 0 Å². The fourth-order valence-electron chi connectivity index (χ4n) is 2.37. The number of nitrogens with zero attached hydrogens (tertiary/aromatic N) is 2. The first-order valence-electron chi connectivity index (χ1n) is 7.79.